The topological polar surface area (TPSA) is 41.6 Å². The number of carbonyl (C=O) groups is 1. The zero-order valence-electron chi connectivity index (χ0n) is 8.66. The highest BCUT2D eigenvalue weighted by molar-refractivity contribution is 5.76. The lowest BCUT2D eigenvalue weighted by Crippen LogP contribution is -2.61. The molecule has 2 rings (SSSR count). The van der Waals surface area contributed by atoms with Crippen LogP contribution >= 0.6 is 0 Å². The first kappa shape index (κ1) is 9.93. The molecule has 0 saturated carbocycles. The van der Waals surface area contributed by atoms with E-state index in [1.165, 1.54) is 0 Å². The summed E-state index contributed by atoms with van der Waals surface area (Å²) in [7, 11) is 0. The molecular weight excluding hydrogens is 180 g/mol. The lowest BCUT2D eigenvalue weighted by Gasteiger charge is -2.40. The molecule has 1 atom stereocenters. The van der Waals surface area contributed by atoms with E-state index in [1.807, 2.05) is 11.8 Å². The Morgan fingerprint density at radius 3 is 2.86 bits per heavy atom. The summed E-state index contributed by atoms with van der Waals surface area (Å²) >= 11 is 0. The molecule has 2 heterocycles. The van der Waals surface area contributed by atoms with Gasteiger partial charge in [0.25, 0.3) is 0 Å². The van der Waals surface area contributed by atoms with Crippen molar-refractivity contribution >= 4 is 5.91 Å². The van der Waals surface area contributed by atoms with E-state index in [0.29, 0.717) is 18.5 Å². The van der Waals surface area contributed by atoms with E-state index in [-0.39, 0.29) is 5.91 Å². The predicted octanol–water partition coefficient (Wildman–Crippen LogP) is -0.0143. The maximum absolute atomic E-state index is 11.3. The Kier molecular flexibility index (Phi) is 3.03. The van der Waals surface area contributed by atoms with Crippen LogP contribution in [0, 0.1) is 0 Å². The van der Waals surface area contributed by atoms with E-state index in [1.54, 1.807) is 0 Å². The first-order valence-corrected chi connectivity index (χ1v) is 5.41. The number of nitrogens with one attached hydrogen (secondary N) is 1. The van der Waals surface area contributed by atoms with Crippen molar-refractivity contribution in [2.75, 3.05) is 26.3 Å². The summed E-state index contributed by atoms with van der Waals surface area (Å²) in [5.41, 5.74) is 0. The van der Waals surface area contributed by atoms with Gasteiger partial charge in [0.05, 0.1) is 6.61 Å². The van der Waals surface area contributed by atoms with E-state index in [0.717, 1.165) is 32.7 Å². The van der Waals surface area contributed by atoms with E-state index in [4.69, 9.17) is 4.74 Å². The highest BCUT2D eigenvalue weighted by Crippen LogP contribution is 2.12. The molecule has 2 aliphatic heterocycles. The Balaban J connectivity index is 1.65. The van der Waals surface area contributed by atoms with Crippen LogP contribution in [0.5, 0.6) is 0 Å². The van der Waals surface area contributed by atoms with Crippen molar-refractivity contribution in [3.05, 3.63) is 0 Å². The Morgan fingerprint density at radius 1 is 1.50 bits per heavy atom. The zero-order valence-corrected chi connectivity index (χ0v) is 8.66. The predicted molar refractivity (Wildman–Crippen MR) is 53.0 cm³/mol. The fourth-order valence-corrected chi connectivity index (χ4v) is 2.01. The fourth-order valence-electron chi connectivity index (χ4n) is 2.01. The number of ether oxygens (including phenoxy) is 1. The summed E-state index contributed by atoms with van der Waals surface area (Å²) < 4.78 is 5.28. The standard InChI is InChI=1S/C10H18N2O2/c1-2-10(13)12-5-9(6-12)11-8-3-4-14-7-8/h8-9,11H,2-7H2,1H3. The van der Waals surface area contributed by atoms with Gasteiger partial charge in [0.2, 0.25) is 5.91 Å². The lowest BCUT2D eigenvalue weighted by atomic mass is 10.1. The monoisotopic (exact) mass is 198 g/mol. The maximum atomic E-state index is 11.3. The molecule has 0 bridgehead atoms. The molecule has 1 unspecified atom stereocenters. The van der Waals surface area contributed by atoms with E-state index in [2.05, 4.69) is 5.32 Å². The minimum absolute atomic E-state index is 0.269. The van der Waals surface area contributed by atoms with Crippen LogP contribution in [-0.4, -0.2) is 49.2 Å². The van der Waals surface area contributed by atoms with E-state index < -0.39 is 0 Å². The third-order valence-electron chi connectivity index (χ3n) is 2.94. The summed E-state index contributed by atoms with van der Waals surface area (Å²) in [6.45, 7) is 5.38. The molecule has 0 radical (unpaired) electrons. The van der Waals surface area contributed by atoms with Crippen LogP contribution in [-0.2, 0) is 9.53 Å². The number of nitrogens with zero attached hydrogens (tertiary/aromatic N) is 1. The molecule has 4 nitrogen and oxygen atoms in total. The minimum atomic E-state index is 0.269. The fraction of sp³-hybridized carbons (Fsp3) is 0.900. The zero-order chi connectivity index (χ0) is 9.97. The Labute approximate surface area is 84.6 Å². The molecule has 1 N–H and O–H groups in total. The van der Waals surface area contributed by atoms with Gasteiger partial charge in [0.1, 0.15) is 0 Å². The first-order valence-electron chi connectivity index (χ1n) is 5.41. The summed E-state index contributed by atoms with van der Waals surface area (Å²) in [4.78, 5) is 13.2. The molecule has 80 valence electrons. The molecule has 0 aliphatic carbocycles. The number of hydrogen-bond donors (Lipinski definition) is 1. The molecule has 0 spiro atoms. The molecule has 14 heavy (non-hydrogen) atoms. The van der Waals surface area contributed by atoms with Crippen LogP contribution in [0.25, 0.3) is 0 Å². The quantitative estimate of drug-likeness (QED) is 0.693. The molecule has 2 fully saturated rings. The molecule has 0 aromatic rings. The van der Waals surface area contributed by atoms with Crippen LogP contribution in [0.15, 0.2) is 0 Å². The summed E-state index contributed by atoms with van der Waals surface area (Å²) in [6, 6.07) is 1.01. The van der Waals surface area contributed by atoms with Crippen LogP contribution in [0.4, 0.5) is 0 Å². The molecule has 2 saturated heterocycles. The lowest BCUT2D eigenvalue weighted by molar-refractivity contribution is -0.135. The summed E-state index contributed by atoms with van der Waals surface area (Å²) in [5.74, 6) is 0.269. The highest BCUT2D eigenvalue weighted by atomic mass is 16.5. The van der Waals surface area contributed by atoms with Crippen molar-refractivity contribution in [1.29, 1.82) is 0 Å². The molecule has 0 aromatic heterocycles. The number of carbonyl (C=O) groups excluding carboxylic acids is 1. The van der Waals surface area contributed by atoms with Gasteiger partial charge in [-0.3, -0.25) is 4.79 Å². The number of likely N-dealkylation sites (tertiary alicyclic amines) is 1. The summed E-state index contributed by atoms with van der Waals surface area (Å²) in [6.07, 6.45) is 1.73. The molecule has 0 aromatic carbocycles. The van der Waals surface area contributed by atoms with Gasteiger partial charge in [-0.1, -0.05) is 6.92 Å². The number of rotatable bonds is 3. The van der Waals surface area contributed by atoms with Gasteiger partial charge in [-0.05, 0) is 6.42 Å². The molecular formula is C10H18N2O2. The largest absolute Gasteiger partial charge is 0.380 e. The Bertz CT molecular complexity index is 208. The smallest absolute Gasteiger partial charge is 0.222 e. The number of amides is 1. The van der Waals surface area contributed by atoms with Gasteiger partial charge in [-0.15, -0.1) is 0 Å². The molecule has 1 amide bonds. The van der Waals surface area contributed by atoms with Gasteiger partial charge >= 0.3 is 0 Å². The molecule has 2 aliphatic rings. The van der Waals surface area contributed by atoms with Crippen LogP contribution in [0.2, 0.25) is 0 Å². The van der Waals surface area contributed by atoms with Crippen molar-refractivity contribution < 1.29 is 9.53 Å². The second-order valence-corrected chi connectivity index (χ2v) is 4.08. The Hall–Kier alpha value is -0.610. The van der Waals surface area contributed by atoms with Crippen LogP contribution in [0.3, 0.4) is 0 Å². The average Bonchev–Trinajstić information content (AvgIpc) is 2.61. The van der Waals surface area contributed by atoms with E-state index >= 15 is 0 Å². The van der Waals surface area contributed by atoms with Gasteiger partial charge in [-0.2, -0.15) is 0 Å². The van der Waals surface area contributed by atoms with Gasteiger partial charge in [0, 0.05) is 38.2 Å². The van der Waals surface area contributed by atoms with Crippen molar-refractivity contribution in [1.82, 2.24) is 10.2 Å². The normalized spacial score (nSPS) is 27.8. The van der Waals surface area contributed by atoms with Crippen molar-refractivity contribution in [2.45, 2.75) is 31.8 Å². The highest BCUT2D eigenvalue weighted by Gasteiger charge is 2.31. The van der Waals surface area contributed by atoms with Crippen molar-refractivity contribution in [3.63, 3.8) is 0 Å². The van der Waals surface area contributed by atoms with Gasteiger partial charge in [0.15, 0.2) is 0 Å². The molecule has 4 heteroatoms. The number of hydrogen-bond acceptors (Lipinski definition) is 3. The SMILES string of the molecule is CCC(=O)N1CC(NC2CCOC2)C1. The van der Waals surface area contributed by atoms with Gasteiger partial charge in [-0.25, -0.2) is 0 Å². The first-order chi connectivity index (χ1) is 6.79. The van der Waals surface area contributed by atoms with Crippen LogP contribution < -0.4 is 5.32 Å². The van der Waals surface area contributed by atoms with Crippen LogP contribution in [0.1, 0.15) is 19.8 Å². The van der Waals surface area contributed by atoms with Crippen molar-refractivity contribution in [3.8, 4) is 0 Å². The summed E-state index contributed by atoms with van der Waals surface area (Å²) in [5, 5.41) is 3.51. The second kappa shape index (κ2) is 4.28. The van der Waals surface area contributed by atoms with E-state index in [9.17, 15) is 4.79 Å². The average molecular weight is 198 g/mol. The Morgan fingerprint density at radius 2 is 2.29 bits per heavy atom. The minimum Gasteiger partial charge on any atom is -0.380 e. The van der Waals surface area contributed by atoms with Gasteiger partial charge < -0.3 is 15.0 Å². The maximum Gasteiger partial charge on any atom is 0.222 e. The third-order valence-corrected chi connectivity index (χ3v) is 2.94. The third kappa shape index (κ3) is 2.07. The second-order valence-electron chi connectivity index (χ2n) is 4.08. The van der Waals surface area contributed by atoms with Crippen molar-refractivity contribution in [2.24, 2.45) is 0 Å².